The summed E-state index contributed by atoms with van der Waals surface area (Å²) in [5, 5.41) is 5.74. The van der Waals surface area contributed by atoms with E-state index in [9.17, 15) is 0 Å². The predicted molar refractivity (Wildman–Crippen MR) is 141 cm³/mol. The highest BCUT2D eigenvalue weighted by molar-refractivity contribution is 6.05. The molecule has 0 radical (unpaired) electrons. The lowest BCUT2D eigenvalue weighted by atomic mass is 9.74. The third-order valence-corrected chi connectivity index (χ3v) is 9.40. The van der Waals surface area contributed by atoms with Crippen LogP contribution in [0.4, 0.5) is 0 Å². The van der Waals surface area contributed by atoms with Crippen molar-refractivity contribution in [1.82, 2.24) is 0 Å². The molecule has 0 spiro atoms. The van der Waals surface area contributed by atoms with Crippen LogP contribution in [0.2, 0.25) is 0 Å². The van der Waals surface area contributed by atoms with E-state index in [-0.39, 0.29) is 0 Å². The van der Waals surface area contributed by atoms with E-state index in [4.69, 9.17) is 0 Å². The standard InChI is InChI=1S/C32H36/c1-15-16(2)20(6)26-12-30-24(10)32-14-28-22(8)18(4)17(3)21(7)27(28)13-31(32)23(9)29(30)11-25(26)19(15)5/h11-12H,13-14H2,1-10H3. The van der Waals surface area contributed by atoms with Crippen molar-refractivity contribution >= 4 is 21.5 Å². The maximum absolute atomic E-state index is 2.50. The van der Waals surface area contributed by atoms with Crippen LogP contribution < -0.4 is 0 Å². The molecule has 0 aromatic heterocycles. The van der Waals surface area contributed by atoms with Crippen molar-refractivity contribution in [3.8, 4) is 0 Å². The van der Waals surface area contributed by atoms with E-state index in [1.54, 1.807) is 22.3 Å². The summed E-state index contributed by atoms with van der Waals surface area (Å²) in [6.07, 6.45) is 2.15. The second-order valence-electron chi connectivity index (χ2n) is 10.5. The Kier molecular flexibility index (Phi) is 4.61. The molecule has 1 aliphatic carbocycles. The number of hydrogen-bond acceptors (Lipinski definition) is 0. The average Bonchev–Trinajstić information content (AvgIpc) is 2.80. The van der Waals surface area contributed by atoms with Gasteiger partial charge in [-0.25, -0.2) is 0 Å². The molecule has 0 amide bonds. The van der Waals surface area contributed by atoms with Crippen LogP contribution in [0.1, 0.15) is 77.9 Å². The Balaban J connectivity index is 1.87. The Hall–Kier alpha value is -2.60. The molecule has 0 saturated heterocycles. The van der Waals surface area contributed by atoms with Gasteiger partial charge in [-0.15, -0.1) is 0 Å². The largest absolute Gasteiger partial charge is 0.0459 e. The van der Waals surface area contributed by atoms with Gasteiger partial charge in [-0.2, -0.15) is 0 Å². The van der Waals surface area contributed by atoms with E-state index in [0.717, 1.165) is 12.8 Å². The van der Waals surface area contributed by atoms with Gasteiger partial charge < -0.3 is 0 Å². The van der Waals surface area contributed by atoms with Gasteiger partial charge in [0.05, 0.1) is 0 Å². The Morgan fingerprint density at radius 3 is 0.906 bits per heavy atom. The Labute approximate surface area is 193 Å². The molecule has 0 nitrogen and oxygen atoms in total. The molecule has 0 atom stereocenters. The first-order valence-electron chi connectivity index (χ1n) is 12.1. The summed E-state index contributed by atoms with van der Waals surface area (Å²) in [7, 11) is 0. The minimum Gasteiger partial charge on any atom is -0.0459 e. The lowest BCUT2D eigenvalue weighted by molar-refractivity contribution is 0.940. The van der Waals surface area contributed by atoms with Gasteiger partial charge in [-0.3, -0.25) is 0 Å². The number of aryl methyl sites for hydroxylation is 4. The molecule has 0 fully saturated rings. The highest BCUT2D eigenvalue weighted by Gasteiger charge is 2.26. The van der Waals surface area contributed by atoms with Crippen molar-refractivity contribution in [2.24, 2.45) is 0 Å². The summed E-state index contributed by atoms with van der Waals surface area (Å²) >= 11 is 0. The summed E-state index contributed by atoms with van der Waals surface area (Å²) in [4.78, 5) is 0. The van der Waals surface area contributed by atoms with Crippen molar-refractivity contribution in [2.45, 2.75) is 82.1 Å². The van der Waals surface area contributed by atoms with Gasteiger partial charge in [-0.1, -0.05) is 0 Å². The Morgan fingerprint density at radius 2 is 0.562 bits per heavy atom. The van der Waals surface area contributed by atoms with E-state index in [2.05, 4.69) is 81.4 Å². The monoisotopic (exact) mass is 420 g/mol. The van der Waals surface area contributed by atoms with Crippen molar-refractivity contribution in [1.29, 1.82) is 0 Å². The van der Waals surface area contributed by atoms with Gasteiger partial charge in [0.15, 0.2) is 0 Å². The number of hydrogen-bond donors (Lipinski definition) is 0. The molecular weight excluding hydrogens is 384 g/mol. The average molecular weight is 421 g/mol. The van der Waals surface area contributed by atoms with Crippen LogP contribution in [0, 0.1) is 69.2 Å². The zero-order valence-electron chi connectivity index (χ0n) is 21.6. The van der Waals surface area contributed by atoms with Crippen LogP contribution in [0.25, 0.3) is 21.5 Å². The smallest absolute Gasteiger partial charge is 0.00143 e. The van der Waals surface area contributed by atoms with Crippen LogP contribution in [-0.4, -0.2) is 0 Å². The van der Waals surface area contributed by atoms with Gasteiger partial charge in [0.1, 0.15) is 0 Å². The van der Waals surface area contributed by atoms with E-state index in [1.807, 2.05) is 0 Å². The number of rotatable bonds is 0. The van der Waals surface area contributed by atoms with Crippen LogP contribution in [-0.2, 0) is 12.8 Å². The van der Waals surface area contributed by atoms with Gasteiger partial charge in [0, 0.05) is 0 Å². The first-order chi connectivity index (χ1) is 15.0. The molecule has 0 bridgehead atoms. The van der Waals surface area contributed by atoms with Gasteiger partial charge >= 0.3 is 0 Å². The second kappa shape index (κ2) is 6.95. The van der Waals surface area contributed by atoms with Gasteiger partial charge in [0.25, 0.3) is 0 Å². The third-order valence-electron chi connectivity index (χ3n) is 9.40. The lowest BCUT2D eigenvalue weighted by Crippen LogP contribution is -2.16. The number of fused-ring (bicyclic) bond motifs is 4. The number of benzene rings is 4. The van der Waals surface area contributed by atoms with Crippen LogP contribution in [0.15, 0.2) is 12.1 Å². The van der Waals surface area contributed by atoms with E-state index in [0.29, 0.717) is 0 Å². The van der Waals surface area contributed by atoms with E-state index in [1.165, 1.54) is 77.2 Å². The minimum atomic E-state index is 1.07. The molecule has 164 valence electrons. The molecule has 0 heteroatoms. The Bertz CT molecular complexity index is 1380. The van der Waals surface area contributed by atoms with Gasteiger partial charge in [-0.05, 0) is 194 Å². The molecule has 32 heavy (non-hydrogen) atoms. The molecule has 0 N–H and O–H groups in total. The zero-order chi connectivity index (χ0) is 23.2. The van der Waals surface area contributed by atoms with Crippen molar-refractivity contribution < 1.29 is 0 Å². The van der Waals surface area contributed by atoms with Crippen molar-refractivity contribution in [3.63, 3.8) is 0 Å². The van der Waals surface area contributed by atoms with Crippen molar-refractivity contribution in [2.75, 3.05) is 0 Å². The first-order valence-corrected chi connectivity index (χ1v) is 12.1. The summed E-state index contributed by atoms with van der Waals surface area (Å²) < 4.78 is 0. The fourth-order valence-electron chi connectivity index (χ4n) is 6.36. The second-order valence-corrected chi connectivity index (χ2v) is 10.5. The third kappa shape index (κ3) is 2.62. The highest BCUT2D eigenvalue weighted by Crippen LogP contribution is 2.42. The summed E-state index contributed by atoms with van der Waals surface area (Å²) in [5.41, 5.74) is 21.0. The predicted octanol–water partition coefficient (Wildman–Crippen LogP) is 8.57. The normalized spacial score (nSPS) is 13.1. The van der Waals surface area contributed by atoms with Crippen molar-refractivity contribution in [3.05, 3.63) is 90.0 Å². The van der Waals surface area contributed by atoms with Crippen LogP contribution in [0.5, 0.6) is 0 Å². The molecule has 0 aliphatic heterocycles. The summed E-state index contributed by atoms with van der Waals surface area (Å²) in [6.45, 7) is 23.1. The quantitative estimate of drug-likeness (QED) is 0.220. The molecule has 1 aliphatic rings. The molecule has 0 unspecified atom stereocenters. The fourth-order valence-corrected chi connectivity index (χ4v) is 6.36. The molecule has 0 heterocycles. The summed E-state index contributed by atoms with van der Waals surface area (Å²) in [5.74, 6) is 0. The first kappa shape index (κ1) is 21.3. The summed E-state index contributed by atoms with van der Waals surface area (Å²) in [6, 6.07) is 4.99. The fraction of sp³-hybridized carbons (Fsp3) is 0.375. The molecule has 4 aromatic carbocycles. The van der Waals surface area contributed by atoms with Crippen LogP contribution >= 0.6 is 0 Å². The molecular formula is C32H36. The zero-order valence-corrected chi connectivity index (χ0v) is 21.6. The molecule has 4 aromatic rings. The van der Waals surface area contributed by atoms with Crippen LogP contribution in [0.3, 0.4) is 0 Å². The minimum absolute atomic E-state index is 1.07. The molecule has 0 saturated carbocycles. The van der Waals surface area contributed by atoms with Gasteiger partial charge in [0.2, 0.25) is 0 Å². The lowest BCUT2D eigenvalue weighted by Gasteiger charge is -2.30. The highest BCUT2D eigenvalue weighted by atomic mass is 14.3. The Morgan fingerprint density at radius 1 is 0.312 bits per heavy atom. The SMILES string of the molecule is Cc1c(C)c(C)c2c(c1C)Cc1c(c(C)c3cc4c(C)c(C)c(C)c(C)c4cc3c1C)C2. The molecule has 5 rings (SSSR count). The topological polar surface area (TPSA) is 0 Å². The maximum Gasteiger partial charge on any atom is -0.00143 e. The van der Waals surface area contributed by atoms with E-state index < -0.39 is 0 Å². The maximum atomic E-state index is 2.50. The van der Waals surface area contributed by atoms with E-state index >= 15 is 0 Å².